The number of hydrogen-bond acceptors (Lipinski definition) is 4. The normalized spacial score (nSPS) is 10.7. The number of aryl methyl sites for hydroxylation is 1. The molecule has 27 heavy (non-hydrogen) atoms. The van der Waals surface area contributed by atoms with E-state index in [0.717, 1.165) is 16.8 Å². The van der Waals surface area contributed by atoms with Crippen molar-refractivity contribution in [3.05, 3.63) is 89.2 Å². The molecule has 136 valence electrons. The van der Waals surface area contributed by atoms with Crippen LogP contribution in [0.2, 0.25) is 0 Å². The number of pyridine rings is 1. The van der Waals surface area contributed by atoms with Crippen LogP contribution in [0.3, 0.4) is 0 Å². The first-order valence-corrected chi connectivity index (χ1v) is 8.80. The van der Waals surface area contributed by atoms with E-state index in [2.05, 4.69) is 4.98 Å². The molecule has 3 rings (SSSR count). The minimum Gasteiger partial charge on any atom is -0.490 e. The molecule has 0 aliphatic carbocycles. The number of esters is 1. The summed E-state index contributed by atoms with van der Waals surface area (Å²) in [4.78, 5) is 16.6. The van der Waals surface area contributed by atoms with Crippen molar-refractivity contribution in [2.45, 2.75) is 13.8 Å². The van der Waals surface area contributed by atoms with E-state index in [4.69, 9.17) is 9.47 Å². The Morgan fingerprint density at radius 3 is 2.52 bits per heavy atom. The van der Waals surface area contributed by atoms with Crippen molar-refractivity contribution < 1.29 is 14.3 Å². The van der Waals surface area contributed by atoms with Crippen molar-refractivity contribution in [2.24, 2.45) is 0 Å². The van der Waals surface area contributed by atoms with Gasteiger partial charge in [-0.25, -0.2) is 4.79 Å². The van der Waals surface area contributed by atoms with Crippen LogP contribution in [0.4, 0.5) is 0 Å². The quantitative estimate of drug-likeness (QED) is 0.449. The van der Waals surface area contributed by atoms with Gasteiger partial charge in [0.05, 0.1) is 17.9 Å². The van der Waals surface area contributed by atoms with Crippen LogP contribution in [-0.2, 0) is 0 Å². The summed E-state index contributed by atoms with van der Waals surface area (Å²) < 4.78 is 11.2. The van der Waals surface area contributed by atoms with Crippen molar-refractivity contribution in [2.75, 3.05) is 6.61 Å². The van der Waals surface area contributed by atoms with Crippen LogP contribution < -0.4 is 9.47 Å². The molecule has 0 saturated carbocycles. The Morgan fingerprint density at radius 1 is 1.00 bits per heavy atom. The van der Waals surface area contributed by atoms with Gasteiger partial charge in [0.25, 0.3) is 0 Å². The summed E-state index contributed by atoms with van der Waals surface area (Å²) in [5, 5.41) is 0. The minimum atomic E-state index is -0.410. The van der Waals surface area contributed by atoms with Crippen LogP contribution >= 0.6 is 0 Å². The summed E-state index contributed by atoms with van der Waals surface area (Å²) in [6, 6.07) is 18.5. The van der Waals surface area contributed by atoms with Gasteiger partial charge in [-0.1, -0.05) is 35.9 Å². The van der Waals surface area contributed by atoms with Gasteiger partial charge in [-0.2, -0.15) is 0 Å². The molecule has 0 bridgehead atoms. The summed E-state index contributed by atoms with van der Waals surface area (Å²) in [5.41, 5.74) is 3.39. The lowest BCUT2D eigenvalue weighted by molar-refractivity contribution is 0.0728. The van der Waals surface area contributed by atoms with Crippen LogP contribution in [-0.4, -0.2) is 17.6 Å². The summed E-state index contributed by atoms with van der Waals surface area (Å²) >= 11 is 0. The van der Waals surface area contributed by atoms with Crippen molar-refractivity contribution in [3.63, 3.8) is 0 Å². The SMILES string of the molecule is CCOc1cc(/C=C/c2ccccn2)ccc1OC(=O)c1ccc(C)cc1. The Balaban J connectivity index is 1.80. The third-order valence-corrected chi connectivity index (χ3v) is 3.89. The number of aromatic nitrogens is 1. The third-order valence-electron chi connectivity index (χ3n) is 3.89. The Labute approximate surface area is 159 Å². The van der Waals surface area contributed by atoms with Crippen molar-refractivity contribution >= 4 is 18.1 Å². The van der Waals surface area contributed by atoms with Gasteiger partial charge in [0.1, 0.15) is 0 Å². The molecule has 4 nitrogen and oxygen atoms in total. The number of carbonyl (C=O) groups excluding carboxylic acids is 1. The molecule has 3 aromatic rings. The largest absolute Gasteiger partial charge is 0.490 e. The molecule has 0 aliphatic rings. The zero-order valence-electron chi connectivity index (χ0n) is 15.4. The highest BCUT2D eigenvalue weighted by Crippen LogP contribution is 2.30. The Kier molecular flexibility index (Phi) is 6.00. The summed E-state index contributed by atoms with van der Waals surface area (Å²) in [5.74, 6) is 0.520. The lowest BCUT2D eigenvalue weighted by Crippen LogP contribution is -2.09. The molecule has 1 aromatic heterocycles. The maximum Gasteiger partial charge on any atom is 0.343 e. The molecule has 0 atom stereocenters. The monoisotopic (exact) mass is 359 g/mol. The van der Waals surface area contributed by atoms with E-state index in [1.54, 1.807) is 24.4 Å². The van der Waals surface area contributed by atoms with Gasteiger partial charge in [-0.05, 0) is 61.9 Å². The second-order valence-electron chi connectivity index (χ2n) is 5.98. The van der Waals surface area contributed by atoms with Crippen LogP contribution in [0, 0.1) is 6.92 Å². The van der Waals surface area contributed by atoms with E-state index in [1.807, 2.05) is 68.5 Å². The molecule has 0 radical (unpaired) electrons. The summed E-state index contributed by atoms with van der Waals surface area (Å²) in [7, 11) is 0. The standard InChI is InChI=1S/C23H21NO3/c1-3-26-22-16-18(9-13-20-6-4-5-15-24-20)10-14-21(22)27-23(25)19-11-7-17(2)8-12-19/h4-16H,3H2,1-2H3/b13-9+. The fraction of sp³-hybridized carbons (Fsp3) is 0.130. The number of nitrogens with zero attached hydrogens (tertiary/aromatic N) is 1. The van der Waals surface area contributed by atoms with E-state index >= 15 is 0 Å². The molecule has 0 saturated heterocycles. The van der Waals surface area contributed by atoms with Crippen LogP contribution in [0.1, 0.15) is 34.1 Å². The fourth-order valence-electron chi connectivity index (χ4n) is 2.49. The van der Waals surface area contributed by atoms with E-state index in [9.17, 15) is 4.79 Å². The molecule has 0 N–H and O–H groups in total. The minimum absolute atomic E-state index is 0.400. The first kappa shape index (κ1) is 18.4. The highest BCUT2D eigenvalue weighted by Gasteiger charge is 2.13. The van der Waals surface area contributed by atoms with E-state index in [1.165, 1.54) is 0 Å². The second-order valence-corrected chi connectivity index (χ2v) is 5.98. The molecular formula is C23H21NO3. The zero-order chi connectivity index (χ0) is 19.1. The molecular weight excluding hydrogens is 338 g/mol. The van der Waals surface area contributed by atoms with Crippen molar-refractivity contribution in [1.82, 2.24) is 4.98 Å². The Hall–Kier alpha value is -3.40. The maximum absolute atomic E-state index is 12.4. The van der Waals surface area contributed by atoms with Crippen LogP contribution in [0.5, 0.6) is 11.5 Å². The van der Waals surface area contributed by atoms with Gasteiger partial charge in [-0.15, -0.1) is 0 Å². The Bertz CT molecular complexity index is 932. The molecule has 4 heteroatoms. The van der Waals surface area contributed by atoms with E-state index < -0.39 is 5.97 Å². The molecule has 0 unspecified atom stereocenters. The number of hydrogen-bond donors (Lipinski definition) is 0. The third kappa shape index (κ3) is 5.05. The highest BCUT2D eigenvalue weighted by atomic mass is 16.6. The predicted molar refractivity (Wildman–Crippen MR) is 107 cm³/mol. The van der Waals surface area contributed by atoms with Gasteiger partial charge >= 0.3 is 5.97 Å². The van der Waals surface area contributed by atoms with Crippen molar-refractivity contribution in [3.8, 4) is 11.5 Å². The molecule has 0 spiro atoms. The predicted octanol–water partition coefficient (Wildman–Crippen LogP) is 5.18. The fourth-order valence-corrected chi connectivity index (χ4v) is 2.49. The highest BCUT2D eigenvalue weighted by molar-refractivity contribution is 5.91. The summed E-state index contributed by atoms with van der Waals surface area (Å²) in [6.45, 7) is 4.34. The first-order chi connectivity index (χ1) is 13.2. The molecule has 1 heterocycles. The van der Waals surface area contributed by atoms with Gasteiger partial charge in [0.15, 0.2) is 11.5 Å². The average molecular weight is 359 g/mol. The molecule has 0 aliphatic heterocycles. The van der Waals surface area contributed by atoms with Crippen molar-refractivity contribution in [1.29, 1.82) is 0 Å². The smallest absolute Gasteiger partial charge is 0.343 e. The number of benzene rings is 2. The Morgan fingerprint density at radius 2 is 1.81 bits per heavy atom. The van der Waals surface area contributed by atoms with E-state index in [0.29, 0.717) is 23.7 Å². The maximum atomic E-state index is 12.4. The number of ether oxygens (including phenoxy) is 2. The molecule has 2 aromatic carbocycles. The average Bonchev–Trinajstić information content (AvgIpc) is 2.69. The number of rotatable bonds is 6. The van der Waals surface area contributed by atoms with Gasteiger partial charge in [0, 0.05) is 6.20 Å². The van der Waals surface area contributed by atoms with Crippen LogP contribution in [0.25, 0.3) is 12.2 Å². The van der Waals surface area contributed by atoms with Gasteiger partial charge in [-0.3, -0.25) is 4.98 Å². The topological polar surface area (TPSA) is 48.4 Å². The van der Waals surface area contributed by atoms with E-state index in [-0.39, 0.29) is 0 Å². The van der Waals surface area contributed by atoms with Gasteiger partial charge < -0.3 is 9.47 Å². The lowest BCUT2D eigenvalue weighted by atomic mass is 10.1. The lowest BCUT2D eigenvalue weighted by Gasteiger charge is -2.11. The number of carbonyl (C=O) groups is 1. The molecule has 0 amide bonds. The van der Waals surface area contributed by atoms with Gasteiger partial charge in [0.2, 0.25) is 0 Å². The second kappa shape index (κ2) is 8.81. The molecule has 0 fully saturated rings. The zero-order valence-corrected chi connectivity index (χ0v) is 15.4. The summed E-state index contributed by atoms with van der Waals surface area (Å²) in [6.07, 6.45) is 5.61. The van der Waals surface area contributed by atoms with Crippen LogP contribution in [0.15, 0.2) is 66.9 Å². The first-order valence-electron chi connectivity index (χ1n) is 8.80.